The molecule has 2 rings (SSSR count). The van der Waals surface area contributed by atoms with Crippen molar-refractivity contribution < 1.29 is 19.4 Å². The first-order chi connectivity index (χ1) is 9.59. The molecule has 2 atom stereocenters. The first kappa shape index (κ1) is 14.5. The molecule has 108 valence electrons. The minimum Gasteiger partial charge on any atom is -0.481 e. The quantitative estimate of drug-likeness (QED) is 0.893. The van der Waals surface area contributed by atoms with Crippen LogP contribution in [0.15, 0.2) is 30.3 Å². The van der Waals surface area contributed by atoms with Crippen molar-refractivity contribution in [1.82, 2.24) is 0 Å². The average molecular weight is 277 g/mol. The number of nitrogens with zero attached hydrogens (tertiary/aromatic N) is 1. The second-order valence-electron chi connectivity index (χ2n) is 5.03. The zero-order valence-corrected chi connectivity index (χ0v) is 11.5. The Morgan fingerprint density at radius 3 is 2.65 bits per heavy atom. The number of aliphatic carboxylic acids is 1. The number of hydrogen-bond donors (Lipinski definition) is 1. The molecule has 0 bridgehead atoms. The normalized spacial score (nSPS) is 19.6. The van der Waals surface area contributed by atoms with Gasteiger partial charge in [0.25, 0.3) is 5.91 Å². The van der Waals surface area contributed by atoms with Crippen LogP contribution in [0.5, 0.6) is 0 Å². The van der Waals surface area contributed by atoms with E-state index >= 15 is 0 Å². The zero-order chi connectivity index (χ0) is 14.5. The molecule has 0 saturated carbocycles. The number of carboxylic acid groups (broad SMARTS) is 1. The molecule has 1 N–H and O–H groups in total. The van der Waals surface area contributed by atoms with Gasteiger partial charge in [-0.1, -0.05) is 25.1 Å². The maximum absolute atomic E-state index is 12.5. The zero-order valence-electron chi connectivity index (χ0n) is 11.5. The number of anilines is 1. The Labute approximate surface area is 118 Å². The van der Waals surface area contributed by atoms with E-state index in [0.29, 0.717) is 18.7 Å². The van der Waals surface area contributed by atoms with Gasteiger partial charge >= 0.3 is 5.97 Å². The Balaban J connectivity index is 2.19. The van der Waals surface area contributed by atoms with Gasteiger partial charge in [0, 0.05) is 18.8 Å². The molecular formula is C15H19NO4. The van der Waals surface area contributed by atoms with E-state index in [4.69, 9.17) is 9.84 Å². The highest BCUT2D eigenvalue weighted by atomic mass is 16.5. The molecule has 1 aliphatic rings. The SMILES string of the molecule is CC(CN(C(=O)C1CCCO1)c1ccccc1)C(=O)O. The molecule has 2 unspecified atom stereocenters. The molecule has 0 spiro atoms. The largest absolute Gasteiger partial charge is 0.481 e. The summed E-state index contributed by atoms with van der Waals surface area (Å²) in [6.07, 6.45) is 1.12. The predicted octanol–water partition coefficient (Wildman–Crippen LogP) is 1.92. The van der Waals surface area contributed by atoms with Crippen LogP contribution in [0.3, 0.4) is 0 Å². The number of carbonyl (C=O) groups excluding carboxylic acids is 1. The lowest BCUT2D eigenvalue weighted by Crippen LogP contribution is -2.42. The molecular weight excluding hydrogens is 258 g/mol. The van der Waals surface area contributed by atoms with E-state index in [0.717, 1.165) is 6.42 Å². The van der Waals surface area contributed by atoms with Crippen LogP contribution in [-0.4, -0.2) is 36.2 Å². The maximum atomic E-state index is 12.5. The number of ether oxygens (including phenoxy) is 1. The van der Waals surface area contributed by atoms with Gasteiger partial charge in [0.15, 0.2) is 0 Å². The van der Waals surface area contributed by atoms with Crippen molar-refractivity contribution in [2.75, 3.05) is 18.1 Å². The fourth-order valence-corrected chi connectivity index (χ4v) is 2.23. The van der Waals surface area contributed by atoms with E-state index in [-0.39, 0.29) is 12.5 Å². The number of carbonyl (C=O) groups is 2. The summed E-state index contributed by atoms with van der Waals surface area (Å²) in [6.45, 7) is 2.34. The summed E-state index contributed by atoms with van der Waals surface area (Å²) in [7, 11) is 0. The Morgan fingerprint density at radius 1 is 1.40 bits per heavy atom. The van der Waals surface area contributed by atoms with Crippen LogP contribution in [-0.2, 0) is 14.3 Å². The van der Waals surface area contributed by atoms with E-state index in [9.17, 15) is 9.59 Å². The fourth-order valence-electron chi connectivity index (χ4n) is 2.23. The summed E-state index contributed by atoms with van der Waals surface area (Å²) in [5, 5.41) is 9.06. The summed E-state index contributed by atoms with van der Waals surface area (Å²) in [5.74, 6) is -1.69. The van der Waals surface area contributed by atoms with Gasteiger partial charge in [-0.15, -0.1) is 0 Å². The van der Waals surface area contributed by atoms with Gasteiger partial charge < -0.3 is 14.7 Å². The van der Waals surface area contributed by atoms with Gasteiger partial charge in [-0.2, -0.15) is 0 Å². The average Bonchev–Trinajstić information content (AvgIpc) is 2.98. The number of amides is 1. The fraction of sp³-hybridized carbons (Fsp3) is 0.467. The van der Waals surface area contributed by atoms with Crippen molar-refractivity contribution in [1.29, 1.82) is 0 Å². The lowest BCUT2D eigenvalue weighted by atomic mass is 10.1. The van der Waals surface area contributed by atoms with E-state index in [1.807, 2.05) is 18.2 Å². The number of benzene rings is 1. The van der Waals surface area contributed by atoms with Gasteiger partial charge in [-0.25, -0.2) is 0 Å². The third-order valence-corrected chi connectivity index (χ3v) is 3.42. The van der Waals surface area contributed by atoms with E-state index in [1.54, 1.807) is 19.1 Å². The van der Waals surface area contributed by atoms with Crippen molar-refractivity contribution in [3.05, 3.63) is 30.3 Å². The smallest absolute Gasteiger partial charge is 0.308 e. The minimum atomic E-state index is -0.911. The number of hydrogen-bond acceptors (Lipinski definition) is 3. The summed E-state index contributed by atoms with van der Waals surface area (Å²) in [6, 6.07) is 9.13. The number of para-hydroxylation sites is 1. The summed E-state index contributed by atoms with van der Waals surface area (Å²) in [4.78, 5) is 25.1. The maximum Gasteiger partial charge on any atom is 0.308 e. The molecule has 1 saturated heterocycles. The van der Waals surface area contributed by atoms with Crippen molar-refractivity contribution in [3.63, 3.8) is 0 Å². The highest BCUT2D eigenvalue weighted by Gasteiger charge is 2.30. The van der Waals surface area contributed by atoms with Gasteiger partial charge in [0.2, 0.25) is 0 Å². The van der Waals surface area contributed by atoms with E-state index < -0.39 is 18.0 Å². The summed E-state index contributed by atoms with van der Waals surface area (Å²) < 4.78 is 5.42. The van der Waals surface area contributed by atoms with Gasteiger partial charge in [0.05, 0.1) is 5.92 Å². The second kappa shape index (κ2) is 6.52. The van der Waals surface area contributed by atoms with Gasteiger partial charge in [-0.3, -0.25) is 9.59 Å². The molecule has 1 amide bonds. The second-order valence-corrected chi connectivity index (χ2v) is 5.03. The van der Waals surface area contributed by atoms with Crippen LogP contribution in [0.1, 0.15) is 19.8 Å². The van der Waals surface area contributed by atoms with Crippen molar-refractivity contribution in [2.24, 2.45) is 5.92 Å². The Morgan fingerprint density at radius 2 is 2.10 bits per heavy atom. The summed E-state index contributed by atoms with van der Waals surface area (Å²) in [5.41, 5.74) is 0.709. The molecule has 5 heteroatoms. The first-order valence-electron chi connectivity index (χ1n) is 6.80. The Kier molecular flexibility index (Phi) is 4.74. The van der Waals surface area contributed by atoms with Crippen LogP contribution >= 0.6 is 0 Å². The van der Waals surface area contributed by atoms with E-state index in [2.05, 4.69) is 0 Å². The Bertz CT molecular complexity index is 468. The molecule has 0 aliphatic carbocycles. The topological polar surface area (TPSA) is 66.8 Å². The van der Waals surface area contributed by atoms with Crippen molar-refractivity contribution >= 4 is 17.6 Å². The monoisotopic (exact) mass is 277 g/mol. The van der Waals surface area contributed by atoms with E-state index in [1.165, 1.54) is 4.90 Å². The summed E-state index contributed by atoms with van der Waals surface area (Å²) >= 11 is 0. The van der Waals surface area contributed by atoms with Gasteiger partial charge in [0.1, 0.15) is 6.10 Å². The van der Waals surface area contributed by atoms with Crippen molar-refractivity contribution in [3.8, 4) is 0 Å². The molecule has 5 nitrogen and oxygen atoms in total. The van der Waals surface area contributed by atoms with Gasteiger partial charge in [-0.05, 0) is 25.0 Å². The number of carboxylic acids is 1. The molecule has 1 aromatic rings. The van der Waals surface area contributed by atoms with Crippen molar-refractivity contribution in [2.45, 2.75) is 25.9 Å². The minimum absolute atomic E-state index is 0.151. The molecule has 1 aromatic carbocycles. The molecule has 20 heavy (non-hydrogen) atoms. The molecule has 0 aromatic heterocycles. The Hall–Kier alpha value is -1.88. The standard InChI is InChI=1S/C15H19NO4/c1-11(15(18)19)10-16(12-6-3-2-4-7-12)14(17)13-8-5-9-20-13/h2-4,6-7,11,13H,5,8-10H2,1H3,(H,18,19). The third kappa shape index (κ3) is 3.36. The van der Waals surface area contributed by atoms with Crippen LogP contribution in [0.25, 0.3) is 0 Å². The molecule has 1 aliphatic heterocycles. The van der Waals surface area contributed by atoms with Crippen LogP contribution in [0, 0.1) is 5.92 Å². The predicted molar refractivity (Wildman–Crippen MR) is 74.6 cm³/mol. The van der Waals surface area contributed by atoms with Crippen LogP contribution in [0.4, 0.5) is 5.69 Å². The lowest BCUT2D eigenvalue weighted by molar-refractivity contribution is -0.140. The molecule has 0 radical (unpaired) electrons. The third-order valence-electron chi connectivity index (χ3n) is 3.42. The lowest BCUT2D eigenvalue weighted by Gasteiger charge is -2.27. The van der Waals surface area contributed by atoms with Crippen LogP contribution < -0.4 is 4.90 Å². The highest BCUT2D eigenvalue weighted by Crippen LogP contribution is 2.21. The molecule has 1 fully saturated rings. The number of rotatable bonds is 5. The molecule has 1 heterocycles. The first-order valence-corrected chi connectivity index (χ1v) is 6.80. The van der Waals surface area contributed by atoms with Crippen LogP contribution in [0.2, 0.25) is 0 Å². The highest BCUT2D eigenvalue weighted by molar-refractivity contribution is 5.97.